The number of amides is 1. The maximum Gasteiger partial charge on any atom is 0.237 e. The van der Waals surface area contributed by atoms with E-state index in [0.717, 1.165) is 31.7 Å². The molecular formula is C17H35N3O. The number of hydrogen-bond acceptors (Lipinski definition) is 3. The Morgan fingerprint density at radius 1 is 1.33 bits per heavy atom. The Kier molecular flexibility index (Phi) is 7.14. The van der Waals surface area contributed by atoms with Crippen molar-refractivity contribution in [1.82, 2.24) is 10.2 Å². The molecule has 3 N–H and O–H groups in total. The van der Waals surface area contributed by atoms with Gasteiger partial charge < -0.3 is 16.0 Å². The summed E-state index contributed by atoms with van der Waals surface area (Å²) in [5.41, 5.74) is 5.00. The summed E-state index contributed by atoms with van der Waals surface area (Å²) in [6, 6.07) is 0.975. The molecule has 4 nitrogen and oxygen atoms in total. The molecule has 1 amide bonds. The minimum atomic E-state index is -0.574. The molecule has 0 spiro atoms. The van der Waals surface area contributed by atoms with E-state index in [1.54, 1.807) is 0 Å². The van der Waals surface area contributed by atoms with E-state index in [1.165, 1.54) is 19.4 Å². The van der Waals surface area contributed by atoms with Crippen molar-refractivity contribution < 1.29 is 4.79 Å². The zero-order valence-electron chi connectivity index (χ0n) is 14.6. The molecule has 3 atom stereocenters. The van der Waals surface area contributed by atoms with Gasteiger partial charge in [0.05, 0.1) is 5.54 Å². The molecule has 0 aromatic heterocycles. The van der Waals surface area contributed by atoms with Crippen LogP contribution in [0.25, 0.3) is 0 Å². The van der Waals surface area contributed by atoms with E-state index in [1.807, 2.05) is 6.92 Å². The summed E-state index contributed by atoms with van der Waals surface area (Å²) in [5, 5.41) is 3.32. The number of primary amides is 1. The van der Waals surface area contributed by atoms with E-state index < -0.39 is 5.54 Å². The van der Waals surface area contributed by atoms with Crippen molar-refractivity contribution in [1.29, 1.82) is 0 Å². The number of piperidine rings is 1. The van der Waals surface area contributed by atoms with Crippen LogP contribution >= 0.6 is 0 Å². The topological polar surface area (TPSA) is 58.4 Å². The SMILES string of the molecule is CC1CCC(C)N(CCCCC(C)(NC(C)C)C(N)=O)C1. The van der Waals surface area contributed by atoms with Crippen LogP contribution in [-0.4, -0.2) is 41.5 Å². The average Bonchev–Trinajstić information content (AvgIpc) is 2.37. The first kappa shape index (κ1) is 18.4. The zero-order chi connectivity index (χ0) is 16.0. The molecule has 1 fully saturated rings. The first-order chi connectivity index (χ1) is 9.74. The molecule has 0 radical (unpaired) electrons. The second kappa shape index (κ2) is 8.14. The van der Waals surface area contributed by atoms with Crippen molar-refractivity contribution in [3.8, 4) is 0 Å². The molecule has 0 aromatic carbocycles. The third-order valence-corrected chi connectivity index (χ3v) is 4.77. The molecule has 4 heteroatoms. The van der Waals surface area contributed by atoms with Crippen molar-refractivity contribution in [3.63, 3.8) is 0 Å². The summed E-state index contributed by atoms with van der Waals surface area (Å²) >= 11 is 0. The lowest BCUT2D eigenvalue weighted by atomic mass is 9.92. The molecule has 124 valence electrons. The third kappa shape index (κ3) is 5.95. The van der Waals surface area contributed by atoms with Crippen LogP contribution in [-0.2, 0) is 4.79 Å². The molecule has 0 aromatic rings. The number of carbonyl (C=O) groups is 1. The van der Waals surface area contributed by atoms with Gasteiger partial charge in [0, 0.05) is 18.6 Å². The van der Waals surface area contributed by atoms with E-state index in [2.05, 4.69) is 37.9 Å². The zero-order valence-corrected chi connectivity index (χ0v) is 14.6. The van der Waals surface area contributed by atoms with Gasteiger partial charge >= 0.3 is 0 Å². The maximum atomic E-state index is 11.7. The average molecular weight is 297 g/mol. The van der Waals surface area contributed by atoms with Crippen molar-refractivity contribution in [2.45, 2.75) is 84.3 Å². The highest BCUT2D eigenvalue weighted by molar-refractivity contribution is 5.84. The first-order valence-electron chi connectivity index (χ1n) is 8.56. The molecule has 1 aliphatic rings. The Balaban J connectivity index is 2.35. The van der Waals surface area contributed by atoms with Gasteiger partial charge in [-0.15, -0.1) is 0 Å². The smallest absolute Gasteiger partial charge is 0.237 e. The minimum absolute atomic E-state index is 0.240. The Labute approximate surface area is 130 Å². The van der Waals surface area contributed by atoms with Crippen molar-refractivity contribution in [2.24, 2.45) is 11.7 Å². The molecule has 1 heterocycles. The Morgan fingerprint density at radius 3 is 2.57 bits per heavy atom. The van der Waals surface area contributed by atoms with Crippen LogP contribution in [0.4, 0.5) is 0 Å². The third-order valence-electron chi connectivity index (χ3n) is 4.77. The number of nitrogens with one attached hydrogen (secondary N) is 1. The molecular weight excluding hydrogens is 262 g/mol. The number of carbonyl (C=O) groups excluding carboxylic acids is 1. The van der Waals surface area contributed by atoms with Gasteiger partial charge in [-0.3, -0.25) is 4.79 Å². The molecule has 0 aliphatic carbocycles. The number of likely N-dealkylation sites (tertiary alicyclic amines) is 1. The Hall–Kier alpha value is -0.610. The fourth-order valence-electron chi connectivity index (χ4n) is 3.39. The largest absolute Gasteiger partial charge is 0.368 e. The summed E-state index contributed by atoms with van der Waals surface area (Å²) in [6.45, 7) is 13.1. The van der Waals surface area contributed by atoms with Crippen molar-refractivity contribution in [3.05, 3.63) is 0 Å². The highest BCUT2D eigenvalue weighted by Crippen LogP contribution is 2.22. The minimum Gasteiger partial charge on any atom is -0.368 e. The molecule has 1 aliphatic heterocycles. The maximum absolute atomic E-state index is 11.7. The van der Waals surface area contributed by atoms with Gasteiger partial charge in [-0.25, -0.2) is 0 Å². The van der Waals surface area contributed by atoms with Gasteiger partial charge in [0.15, 0.2) is 0 Å². The quantitative estimate of drug-likeness (QED) is 0.677. The van der Waals surface area contributed by atoms with Crippen LogP contribution < -0.4 is 11.1 Å². The number of nitrogens with zero attached hydrogens (tertiary/aromatic N) is 1. The lowest BCUT2D eigenvalue weighted by Gasteiger charge is -2.37. The summed E-state index contributed by atoms with van der Waals surface area (Å²) in [5.74, 6) is 0.579. The Morgan fingerprint density at radius 2 is 2.00 bits per heavy atom. The lowest BCUT2D eigenvalue weighted by Crippen LogP contribution is -2.55. The van der Waals surface area contributed by atoms with Crippen LogP contribution in [0.1, 0.15) is 66.7 Å². The van der Waals surface area contributed by atoms with E-state index in [9.17, 15) is 4.79 Å². The van der Waals surface area contributed by atoms with Crippen LogP contribution in [0, 0.1) is 5.92 Å². The van der Waals surface area contributed by atoms with Gasteiger partial charge in [-0.05, 0) is 72.3 Å². The van der Waals surface area contributed by atoms with E-state index in [0.29, 0.717) is 6.04 Å². The first-order valence-corrected chi connectivity index (χ1v) is 8.56. The van der Waals surface area contributed by atoms with Crippen LogP contribution in [0.15, 0.2) is 0 Å². The molecule has 0 saturated carbocycles. The van der Waals surface area contributed by atoms with E-state index in [-0.39, 0.29) is 11.9 Å². The standard InChI is InChI=1S/C17H35N3O/c1-13(2)19-17(5,16(18)21)10-6-7-11-20-12-14(3)8-9-15(20)4/h13-15,19H,6-12H2,1-5H3,(H2,18,21). The number of rotatable bonds is 8. The number of unbranched alkanes of at least 4 members (excludes halogenated alkanes) is 1. The van der Waals surface area contributed by atoms with Crippen LogP contribution in [0.2, 0.25) is 0 Å². The summed E-state index contributed by atoms with van der Waals surface area (Å²) in [7, 11) is 0. The molecule has 1 rings (SSSR count). The van der Waals surface area contributed by atoms with Gasteiger partial charge in [-0.1, -0.05) is 6.92 Å². The summed E-state index contributed by atoms with van der Waals surface area (Å²) in [4.78, 5) is 14.3. The molecule has 3 unspecified atom stereocenters. The molecule has 0 bridgehead atoms. The predicted octanol–water partition coefficient (Wildman–Crippen LogP) is 2.52. The fraction of sp³-hybridized carbons (Fsp3) is 0.941. The highest BCUT2D eigenvalue weighted by atomic mass is 16.1. The predicted molar refractivity (Wildman–Crippen MR) is 89.2 cm³/mol. The lowest BCUT2D eigenvalue weighted by molar-refractivity contribution is -0.124. The van der Waals surface area contributed by atoms with Gasteiger partial charge in [0.2, 0.25) is 5.91 Å². The van der Waals surface area contributed by atoms with Crippen molar-refractivity contribution in [2.75, 3.05) is 13.1 Å². The normalized spacial score (nSPS) is 26.8. The summed E-state index contributed by atoms with van der Waals surface area (Å²) in [6.07, 6.45) is 5.67. The number of hydrogen-bond donors (Lipinski definition) is 2. The highest BCUT2D eigenvalue weighted by Gasteiger charge is 2.31. The van der Waals surface area contributed by atoms with Crippen molar-refractivity contribution >= 4 is 5.91 Å². The second-order valence-electron chi connectivity index (χ2n) is 7.48. The van der Waals surface area contributed by atoms with Crippen LogP contribution in [0.3, 0.4) is 0 Å². The Bertz CT molecular complexity index is 332. The molecule has 21 heavy (non-hydrogen) atoms. The van der Waals surface area contributed by atoms with E-state index in [4.69, 9.17) is 5.73 Å². The summed E-state index contributed by atoms with van der Waals surface area (Å²) < 4.78 is 0. The van der Waals surface area contributed by atoms with E-state index >= 15 is 0 Å². The molecule has 1 saturated heterocycles. The fourth-order valence-corrected chi connectivity index (χ4v) is 3.39. The second-order valence-corrected chi connectivity index (χ2v) is 7.48. The van der Waals surface area contributed by atoms with Gasteiger partial charge in [-0.2, -0.15) is 0 Å². The van der Waals surface area contributed by atoms with Gasteiger partial charge in [0.1, 0.15) is 0 Å². The van der Waals surface area contributed by atoms with Crippen LogP contribution in [0.5, 0.6) is 0 Å². The number of nitrogens with two attached hydrogens (primary N) is 1. The monoisotopic (exact) mass is 297 g/mol. The van der Waals surface area contributed by atoms with Gasteiger partial charge in [0.25, 0.3) is 0 Å².